The van der Waals surface area contributed by atoms with Crippen molar-refractivity contribution in [1.29, 1.82) is 0 Å². The van der Waals surface area contributed by atoms with Crippen LogP contribution in [0.15, 0.2) is 24.3 Å². The maximum absolute atomic E-state index is 12.9. The van der Waals surface area contributed by atoms with E-state index in [0.29, 0.717) is 18.7 Å². The highest BCUT2D eigenvalue weighted by Crippen LogP contribution is 2.30. The smallest absolute Gasteiger partial charge is 0.406 e. The molecule has 0 spiro atoms. The van der Waals surface area contributed by atoms with Crippen molar-refractivity contribution in [1.82, 2.24) is 10.6 Å². The molecular weight excluding hydrogens is 525 g/mol. The monoisotopic (exact) mass is 556 g/mol. The molecule has 1 aromatic rings. The van der Waals surface area contributed by atoms with E-state index in [2.05, 4.69) is 15.4 Å². The third-order valence-corrected chi connectivity index (χ3v) is 8.26. The number of benzene rings is 1. The first kappa shape index (κ1) is 29.3. The van der Waals surface area contributed by atoms with Crippen molar-refractivity contribution >= 4 is 29.4 Å². The SMILES string of the molecule is CS[C@H]1O[C@H]([C@H](NC(=O)[C@@H]2C[C@H](SCc3ccc(OC(F)(F)F)cc3)CN2)C(C)O)[C@H](O)[C@H](O)[C@H]1O. The van der Waals surface area contributed by atoms with Crippen LogP contribution in [0.4, 0.5) is 13.2 Å². The van der Waals surface area contributed by atoms with Gasteiger partial charge in [-0.15, -0.1) is 24.9 Å². The quantitative estimate of drug-likeness (QED) is 0.256. The van der Waals surface area contributed by atoms with Crippen molar-refractivity contribution in [2.45, 2.75) is 78.7 Å². The van der Waals surface area contributed by atoms with Crippen molar-refractivity contribution in [3.05, 3.63) is 29.8 Å². The molecular formula is C22H31F3N2O7S2. The summed E-state index contributed by atoms with van der Waals surface area (Å²) in [6.07, 6.45) is -9.20. The van der Waals surface area contributed by atoms with E-state index in [1.165, 1.54) is 19.1 Å². The molecule has 2 aliphatic rings. The molecule has 0 saturated carbocycles. The molecule has 36 heavy (non-hydrogen) atoms. The van der Waals surface area contributed by atoms with Crippen molar-refractivity contribution < 1.29 is 47.9 Å². The van der Waals surface area contributed by atoms with Gasteiger partial charge in [-0.2, -0.15) is 11.8 Å². The molecule has 6 N–H and O–H groups in total. The van der Waals surface area contributed by atoms with E-state index in [1.807, 2.05) is 0 Å². The van der Waals surface area contributed by atoms with Gasteiger partial charge < -0.3 is 40.5 Å². The molecule has 204 valence electrons. The summed E-state index contributed by atoms with van der Waals surface area (Å²) >= 11 is 2.69. The van der Waals surface area contributed by atoms with Crippen LogP contribution >= 0.6 is 23.5 Å². The number of halogens is 3. The minimum absolute atomic E-state index is 0.0613. The number of aliphatic hydroxyl groups is 4. The highest BCUT2D eigenvalue weighted by molar-refractivity contribution is 7.99. The maximum atomic E-state index is 12.9. The predicted octanol–water partition coefficient (Wildman–Crippen LogP) is 0.585. The Labute approximate surface area is 215 Å². The standard InChI is InChI=1S/C22H31F3N2O7S2/c1-10(28)15(19-17(30)16(29)18(31)21(33-19)35-2)27-20(32)14-7-13(8-26-14)36-9-11-3-5-12(6-4-11)34-22(23,24)25/h3-6,10,13-19,21,26,28-31H,7-9H2,1-2H3,(H,27,32)/t10?,13-,14-,15+,16-,17+,18+,19+,21+/m0/s1. The number of rotatable bonds is 9. The van der Waals surface area contributed by atoms with Gasteiger partial charge in [-0.3, -0.25) is 4.79 Å². The second-order valence-electron chi connectivity index (χ2n) is 8.77. The molecule has 3 rings (SSSR count). The summed E-state index contributed by atoms with van der Waals surface area (Å²) in [6.45, 7) is 1.96. The normalized spacial score (nSPS) is 32.6. The highest BCUT2D eigenvalue weighted by Gasteiger charge is 2.48. The van der Waals surface area contributed by atoms with Crippen LogP contribution in [0.3, 0.4) is 0 Å². The average Bonchev–Trinajstić information content (AvgIpc) is 3.29. The topological polar surface area (TPSA) is 141 Å². The van der Waals surface area contributed by atoms with Gasteiger partial charge in [-0.1, -0.05) is 12.1 Å². The Balaban J connectivity index is 1.52. The summed E-state index contributed by atoms with van der Waals surface area (Å²) in [4.78, 5) is 12.9. The van der Waals surface area contributed by atoms with Crippen molar-refractivity contribution in [2.24, 2.45) is 0 Å². The number of carbonyl (C=O) groups excluding carboxylic acids is 1. The predicted molar refractivity (Wildman–Crippen MR) is 128 cm³/mol. The Bertz CT molecular complexity index is 863. The number of amides is 1. The summed E-state index contributed by atoms with van der Waals surface area (Å²) < 4.78 is 46.4. The second kappa shape index (κ2) is 12.5. The summed E-state index contributed by atoms with van der Waals surface area (Å²) in [6, 6.07) is 4.01. The molecule has 0 aromatic heterocycles. The molecule has 0 radical (unpaired) electrons. The molecule has 9 nitrogen and oxygen atoms in total. The van der Waals surface area contributed by atoms with Gasteiger partial charge in [0.15, 0.2) is 0 Å². The van der Waals surface area contributed by atoms with Crippen molar-refractivity contribution in [3.8, 4) is 5.75 Å². The van der Waals surface area contributed by atoms with E-state index in [9.17, 15) is 38.4 Å². The molecule has 14 heteroatoms. The van der Waals surface area contributed by atoms with Crippen LogP contribution in [0.1, 0.15) is 18.9 Å². The summed E-state index contributed by atoms with van der Waals surface area (Å²) in [7, 11) is 0. The Hall–Kier alpha value is -1.26. The zero-order valence-electron chi connectivity index (χ0n) is 19.6. The molecule has 2 heterocycles. The number of carbonyl (C=O) groups is 1. The van der Waals surface area contributed by atoms with E-state index >= 15 is 0 Å². The second-order valence-corrected chi connectivity index (χ2v) is 11.0. The molecule has 2 aliphatic heterocycles. The van der Waals surface area contributed by atoms with E-state index in [4.69, 9.17) is 4.74 Å². The highest BCUT2D eigenvalue weighted by atomic mass is 32.2. The van der Waals surface area contributed by atoms with Gasteiger partial charge in [0.05, 0.1) is 18.2 Å². The first-order chi connectivity index (χ1) is 16.9. The Kier molecular flexibility index (Phi) is 10.2. The van der Waals surface area contributed by atoms with E-state index in [0.717, 1.165) is 17.3 Å². The third-order valence-electron chi connectivity index (χ3n) is 6.07. The maximum Gasteiger partial charge on any atom is 0.573 e. The summed E-state index contributed by atoms with van der Waals surface area (Å²) in [5.41, 5.74) is -0.0323. The van der Waals surface area contributed by atoms with Gasteiger partial charge in [-0.05, 0) is 37.3 Å². The minimum atomic E-state index is -4.74. The van der Waals surface area contributed by atoms with Crippen LogP contribution < -0.4 is 15.4 Å². The van der Waals surface area contributed by atoms with Crippen molar-refractivity contribution in [2.75, 3.05) is 12.8 Å². The number of hydrogen-bond acceptors (Lipinski definition) is 10. The van der Waals surface area contributed by atoms with Crippen LogP contribution in [0, 0.1) is 0 Å². The van der Waals surface area contributed by atoms with Crippen LogP contribution in [0.5, 0.6) is 5.75 Å². The summed E-state index contributed by atoms with van der Waals surface area (Å²) in [5.74, 6) is -0.169. The molecule has 9 atom stereocenters. The van der Waals surface area contributed by atoms with Crippen LogP contribution in [0.2, 0.25) is 0 Å². The van der Waals surface area contributed by atoms with E-state index in [1.54, 1.807) is 30.2 Å². The van der Waals surface area contributed by atoms with E-state index < -0.39 is 60.3 Å². The fourth-order valence-electron chi connectivity index (χ4n) is 4.14. The Morgan fingerprint density at radius 1 is 1.22 bits per heavy atom. The summed E-state index contributed by atoms with van der Waals surface area (Å²) in [5, 5.41) is 46.8. The zero-order chi connectivity index (χ0) is 26.6. The fourth-order valence-corrected chi connectivity index (χ4v) is 5.98. The first-order valence-electron chi connectivity index (χ1n) is 11.3. The van der Waals surface area contributed by atoms with Gasteiger partial charge in [0.2, 0.25) is 5.91 Å². The molecule has 0 aliphatic carbocycles. The molecule has 1 aromatic carbocycles. The fraction of sp³-hybridized carbons (Fsp3) is 0.682. The van der Waals surface area contributed by atoms with Crippen LogP contribution in [0.25, 0.3) is 0 Å². The molecule has 2 fully saturated rings. The van der Waals surface area contributed by atoms with Gasteiger partial charge in [0, 0.05) is 17.5 Å². The lowest BCUT2D eigenvalue weighted by molar-refractivity contribution is -0.274. The average molecular weight is 557 g/mol. The van der Waals surface area contributed by atoms with Gasteiger partial charge >= 0.3 is 6.36 Å². The van der Waals surface area contributed by atoms with Crippen LogP contribution in [-0.2, 0) is 15.3 Å². The first-order valence-corrected chi connectivity index (χ1v) is 13.6. The number of thioether (sulfide) groups is 2. The van der Waals surface area contributed by atoms with Gasteiger partial charge in [0.25, 0.3) is 0 Å². The number of alkyl halides is 3. The molecule has 2 saturated heterocycles. The number of aliphatic hydroxyl groups excluding tert-OH is 4. The number of hydrogen-bond donors (Lipinski definition) is 6. The molecule has 1 amide bonds. The van der Waals surface area contributed by atoms with Gasteiger partial charge in [0.1, 0.15) is 35.6 Å². The molecule has 1 unspecified atom stereocenters. The lowest BCUT2D eigenvalue weighted by Crippen LogP contribution is -2.65. The lowest BCUT2D eigenvalue weighted by Gasteiger charge is -2.44. The lowest BCUT2D eigenvalue weighted by atomic mass is 9.92. The third kappa shape index (κ3) is 7.63. The Morgan fingerprint density at radius 3 is 2.47 bits per heavy atom. The Morgan fingerprint density at radius 2 is 1.89 bits per heavy atom. The zero-order valence-corrected chi connectivity index (χ0v) is 21.2. The molecule has 0 bridgehead atoms. The number of ether oxygens (including phenoxy) is 2. The van der Waals surface area contributed by atoms with Gasteiger partial charge in [-0.25, -0.2) is 0 Å². The minimum Gasteiger partial charge on any atom is -0.406 e. The van der Waals surface area contributed by atoms with Crippen molar-refractivity contribution in [3.63, 3.8) is 0 Å². The largest absolute Gasteiger partial charge is 0.573 e. The number of nitrogens with one attached hydrogen (secondary N) is 2. The van der Waals surface area contributed by atoms with E-state index in [-0.39, 0.29) is 11.0 Å². The van der Waals surface area contributed by atoms with Crippen LogP contribution in [-0.4, -0.2) is 98.8 Å².